The third-order valence-electron chi connectivity index (χ3n) is 3.46. The Labute approximate surface area is 115 Å². The normalized spacial score (nSPS) is 12.6. The number of aromatic nitrogens is 1. The van der Waals surface area contributed by atoms with Crippen molar-refractivity contribution in [1.82, 2.24) is 10.3 Å². The minimum atomic E-state index is 0.152. The molecule has 0 saturated heterocycles. The molecule has 2 rings (SSSR count). The van der Waals surface area contributed by atoms with E-state index in [1.165, 1.54) is 11.1 Å². The van der Waals surface area contributed by atoms with E-state index in [2.05, 4.69) is 56.2 Å². The van der Waals surface area contributed by atoms with Crippen LogP contribution in [0, 0.1) is 13.8 Å². The zero-order valence-corrected chi connectivity index (χ0v) is 12.2. The molecular weight excluding hydrogens is 236 g/mol. The lowest BCUT2D eigenvalue weighted by Gasteiger charge is -2.09. The summed E-state index contributed by atoms with van der Waals surface area (Å²) in [5, 5.41) is 3.38. The number of hydrogen-bond acceptors (Lipinski definition) is 3. The van der Waals surface area contributed by atoms with E-state index in [4.69, 9.17) is 4.42 Å². The lowest BCUT2D eigenvalue weighted by Crippen LogP contribution is -2.19. The lowest BCUT2D eigenvalue weighted by molar-refractivity contribution is 0.423. The highest BCUT2D eigenvalue weighted by molar-refractivity contribution is 5.62. The molecule has 3 nitrogen and oxygen atoms in total. The number of nitrogens with one attached hydrogen (secondary N) is 1. The molecule has 102 valence electrons. The number of nitrogens with zero attached hydrogens (tertiary/aromatic N) is 1. The van der Waals surface area contributed by atoms with Crippen LogP contribution in [0.4, 0.5) is 0 Å². The zero-order chi connectivity index (χ0) is 13.8. The van der Waals surface area contributed by atoms with Gasteiger partial charge in [0.2, 0.25) is 5.89 Å². The molecule has 1 N–H and O–H groups in total. The van der Waals surface area contributed by atoms with Gasteiger partial charge >= 0.3 is 0 Å². The smallest absolute Gasteiger partial charge is 0.211 e. The average molecular weight is 258 g/mol. The summed E-state index contributed by atoms with van der Waals surface area (Å²) in [7, 11) is 0. The fraction of sp³-hybridized carbons (Fsp3) is 0.438. The Morgan fingerprint density at radius 3 is 2.84 bits per heavy atom. The second-order valence-corrected chi connectivity index (χ2v) is 4.99. The summed E-state index contributed by atoms with van der Waals surface area (Å²) < 4.78 is 5.89. The van der Waals surface area contributed by atoms with Gasteiger partial charge in [-0.05, 0) is 44.9 Å². The van der Waals surface area contributed by atoms with Crippen molar-refractivity contribution in [2.45, 2.75) is 40.2 Å². The summed E-state index contributed by atoms with van der Waals surface area (Å²) >= 11 is 0. The molecule has 1 heterocycles. The first-order chi connectivity index (χ1) is 9.13. The molecule has 0 aliphatic heterocycles. The fourth-order valence-corrected chi connectivity index (χ4v) is 2.08. The maximum Gasteiger partial charge on any atom is 0.211 e. The van der Waals surface area contributed by atoms with E-state index in [0.29, 0.717) is 0 Å². The Morgan fingerprint density at radius 1 is 1.32 bits per heavy atom. The summed E-state index contributed by atoms with van der Waals surface area (Å²) in [6, 6.07) is 6.40. The van der Waals surface area contributed by atoms with Crippen molar-refractivity contribution in [1.29, 1.82) is 0 Å². The maximum absolute atomic E-state index is 5.89. The number of hydrogen-bond donors (Lipinski definition) is 1. The van der Waals surface area contributed by atoms with Gasteiger partial charge in [-0.1, -0.05) is 25.1 Å². The van der Waals surface area contributed by atoms with Crippen LogP contribution in [-0.2, 0) is 0 Å². The second kappa shape index (κ2) is 6.02. The third kappa shape index (κ3) is 3.04. The van der Waals surface area contributed by atoms with Crippen LogP contribution in [0.5, 0.6) is 0 Å². The number of oxazole rings is 1. The Balaban J connectivity index is 2.23. The minimum Gasteiger partial charge on any atom is -0.439 e. The van der Waals surface area contributed by atoms with E-state index >= 15 is 0 Å². The lowest BCUT2D eigenvalue weighted by atomic mass is 10.0. The van der Waals surface area contributed by atoms with E-state index in [1.807, 2.05) is 6.20 Å². The van der Waals surface area contributed by atoms with Crippen LogP contribution in [0.1, 0.15) is 43.3 Å². The molecule has 1 aromatic carbocycles. The zero-order valence-electron chi connectivity index (χ0n) is 12.2. The molecular formula is C16H22N2O. The molecule has 0 bridgehead atoms. The molecule has 0 amide bonds. The summed E-state index contributed by atoms with van der Waals surface area (Å²) in [4.78, 5) is 4.39. The highest BCUT2D eigenvalue weighted by atomic mass is 16.4. The van der Waals surface area contributed by atoms with Crippen LogP contribution in [0.15, 0.2) is 28.8 Å². The monoisotopic (exact) mass is 258 g/mol. The van der Waals surface area contributed by atoms with Crippen molar-refractivity contribution in [3.63, 3.8) is 0 Å². The van der Waals surface area contributed by atoms with E-state index in [1.54, 1.807) is 0 Å². The van der Waals surface area contributed by atoms with Gasteiger partial charge in [0.25, 0.3) is 0 Å². The third-order valence-corrected chi connectivity index (χ3v) is 3.46. The van der Waals surface area contributed by atoms with E-state index in [-0.39, 0.29) is 6.04 Å². The molecule has 0 saturated carbocycles. The molecule has 0 fully saturated rings. The van der Waals surface area contributed by atoms with Crippen LogP contribution in [0.2, 0.25) is 0 Å². The van der Waals surface area contributed by atoms with E-state index in [9.17, 15) is 0 Å². The Morgan fingerprint density at radius 2 is 2.11 bits per heavy atom. The van der Waals surface area contributed by atoms with Gasteiger partial charge in [-0.3, -0.25) is 0 Å². The summed E-state index contributed by atoms with van der Waals surface area (Å²) in [5.74, 6) is 1.60. The van der Waals surface area contributed by atoms with Gasteiger partial charge in [-0.25, -0.2) is 4.98 Å². The topological polar surface area (TPSA) is 38.1 Å². The van der Waals surface area contributed by atoms with Gasteiger partial charge in [-0.2, -0.15) is 0 Å². The fourth-order valence-electron chi connectivity index (χ4n) is 2.08. The van der Waals surface area contributed by atoms with Gasteiger partial charge in [0, 0.05) is 5.56 Å². The predicted molar refractivity (Wildman–Crippen MR) is 78.1 cm³/mol. The standard InChI is InChI=1S/C16H22N2O/c1-5-9-17-13(4)16-18-10-15(19-16)14-8-6-7-11(2)12(14)3/h6-8,10,13,17H,5,9H2,1-4H3. The molecule has 0 aliphatic rings. The number of aryl methyl sites for hydroxylation is 1. The average Bonchev–Trinajstić information content (AvgIpc) is 2.88. The van der Waals surface area contributed by atoms with Gasteiger partial charge in [-0.15, -0.1) is 0 Å². The molecule has 1 atom stereocenters. The van der Waals surface area contributed by atoms with Crippen molar-refractivity contribution >= 4 is 0 Å². The van der Waals surface area contributed by atoms with Crippen LogP contribution < -0.4 is 5.32 Å². The first kappa shape index (κ1) is 13.8. The van der Waals surface area contributed by atoms with Crippen molar-refractivity contribution < 1.29 is 4.42 Å². The minimum absolute atomic E-state index is 0.152. The van der Waals surface area contributed by atoms with Crippen molar-refractivity contribution in [2.24, 2.45) is 0 Å². The van der Waals surface area contributed by atoms with Gasteiger partial charge in [0.1, 0.15) is 0 Å². The quantitative estimate of drug-likeness (QED) is 0.880. The van der Waals surface area contributed by atoms with E-state index in [0.717, 1.165) is 30.2 Å². The molecule has 0 radical (unpaired) electrons. The summed E-state index contributed by atoms with van der Waals surface area (Å²) in [6.07, 6.45) is 2.93. The Kier molecular flexibility index (Phi) is 4.38. The highest BCUT2D eigenvalue weighted by Gasteiger charge is 2.14. The van der Waals surface area contributed by atoms with Crippen molar-refractivity contribution in [2.75, 3.05) is 6.54 Å². The molecule has 0 aliphatic carbocycles. The van der Waals surface area contributed by atoms with Crippen LogP contribution >= 0.6 is 0 Å². The Hall–Kier alpha value is -1.61. The van der Waals surface area contributed by atoms with Crippen LogP contribution in [0.3, 0.4) is 0 Å². The van der Waals surface area contributed by atoms with Gasteiger partial charge < -0.3 is 9.73 Å². The van der Waals surface area contributed by atoms with Gasteiger partial charge in [0.05, 0.1) is 12.2 Å². The first-order valence-corrected chi connectivity index (χ1v) is 6.89. The van der Waals surface area contributed by atoms with E-state index < -0.39 is 0 Å². The molecule has 2 aromatic rings. The number of rotatable bonds is 5. The predicted octanol–water partition coefficient (Wildman–Crippen LogP) is 4.02. The van der Waals surface area contributed by atoms with Crippen molar-refractivity contribution in [3.8, 4) is 11.3 Å². The largest absolute Gasteiger partial charge is 0.439 e. The molecule has 0 spiro atoms. The van der Waals surface area contributed by atoms with Crippen LogP contribution in [0.25, 0.3) is 11.3 Å². The first-order valence-electron chi connectivity index (χ1n) is 6.89. The van der Waals surface area contributed by atoms with Gasteiger partial charge in [0.15, 0.2) is 5.76 Å². The van der Waals surface area contributed by atoms with Crippen LogP contribution in [-0.4, -0.2) is 11.5 Å². The maximum atomic E-state index is 5.89. The SMILES string of the molecule is CCCNC(C)c1ncc(-c2cccc(C)c2C)o1. The summed E-state index contributed by atoms with van der Waals surface area (Å²) in [5.41, 5.74) is 3.65. The summed E-state index contributed by atoms with van der Waals surface area (Å²) in [6.45, 7) is 9.43. The second-order valence-electron chi connectivity index (χ2n) is 4.99. The number of benzene rings is 1. The highest BCUT2D eigenvalue weighted by Crippen LogP contribution is 2.27. The molecule has 1 aromatic heterocycles. The van der Waals surface area contributed by atoms with Crippen molar-refractivity contribution in [3.05, 3.63) is 41.4 Å². The molecule has 3 heteroatoms. The Bertz CT molecular complexity index is 545. The molecule has 19 heavy (non-hydrogen) atoms. The molecule has 1 unspecified atom stereocenters.